The minimum absolute atomic E-state index is 0.110. The molecule has 0 spiro atoms. The molecule has 0 aliphatic heterocycles. The summed E-state index contributed by atoms with van der Waals surface area (Å²) in [6.07, 6.45) is 43.9. The molecule has 0 rings (SSSR count). The number of aliphatic hydroxyl groups excluding tert-OH is 2. The maximum atomic E-state index is 10.4. The van der Waals surface area contributed by atoms with Crippen molar-refractivity contribution in [3.05, 3.63) is 0 Å². The fourth-order valence-corrected chi connectivity index (χ4v) is 6.75. The van der Waals surface area contributed by atoms with Crippen molar-refractivity contribution in [2.75, 3.05) is 0 Å². The zero-order chi connectivity index (χ0) is 37.2. The van der Waals surface area contributed by atoms with Crippen LogP contribution in [-0.4, -0.2) is 44.6 Å². The Morgan fingerprint density at radius 3 is 0.700 bits per heavy atom. The minimum atomic E-state index is -0.692. The predicted octanol–water partition coefficient (Wildman–Crippen LogP) is 13.7. The Hall–Kier alpha value is -1.14. The first-order valence-electron chi connectivity index (χ1n) is 22.1. The third-order valence-corrected chi connectivity index (χ3v) is 10.1. The Kier molecular flexibility index (Phi) is 44.9. The number of hydrogen-bond acceptors (Lipinski definition) is 4. The quantitative estimate of drug-likeness (QED) is 0.0470. The molecule has 0 saturated heterocycles. The van der Waals surface area contributed by atoms with Gasteiger partial charge in [0, 0.05) is 12.8 Å². The van der Waals surface area contributed by atoms with Gasteiger partial charge in [-0.25, -0.2) is 0 Å². The van der Waals surface area contributed by atoms with Crippen LogP contribution in [-0.2, 0) is 9.59 Å². The van der Waals surface area contributed by atoms with Crippen LogP contribution in [0.4, 0.5) is 0 Å². The van der Waals surface area contributed by atoms with Crippen molar-refractivity contribution >= 4 is 11.9 Å². The third kappa shape index (κ3) is 49.0. The lowest BCUT2D eigenvalue weighted by atomic mass is 10.0. The summed E-state index contributed by atoms with van der Waals surface area (Å²) in [5.74, 6) is -1.38. The molecule has 0 aromatic heterocycles. The summed E-state index contributed by atoms with van der Waals surface area (Å²) in [5, 5.41) is 37.1. The summed E-state index contributed by atoms with van der Waals surface area (Å²) in [5.41, 5.74) is 0. The Bertz CT molecular complexity index is 669. The molecule has 0 fully saturated rings. The highest BCUT2D eigenvalue weighted by Gasteiger charge is 2.05. The van der Waals surface area contributed by atoms with Crippen LogP contribution in [0.5, 0.6) is 0 Å². The monoisotopic (exact) mass is 713 g/mol. The summed E-state index contributed by atoms with van der Waals surface area (Å²) in [6, 6.07) is 0. The summed E-state index contributed by atoms with van der Waals surface area (Å²) in [6.45, 7) is 4.53. The lowest BCUT2D eigenvalue weighted by Gasteiger charge is -2.10. The normalized spacial score (nSPS) is 12.4. The van der Waals surface area contributed by atoms with Crippen LogP contribution in [0.15, 0.2) is 0 Å². The second-order valence-electron chi connectivity index (χ2n) is 15.4. The molecule has 0 aliphatic rings. The Morgan fingerprint density at radius 2 is 0.500 bits per heavy atom. The maximum absolute atomic E-state index is 10.4. The van der Waals surface area contributed by atoms with Gasteiger partial charge >= 0.3 is 11.9 Å². The molecular weight excluding hydrogens is 624 g/mol. The highest BCUT2D eigenvalue weighted by Crippen LogP contribution is 2.17. The van der Waals surface area contributed by atoms with Gasteiger partial charge in [0.1, 0.15) is 0 Å². The first kappa shape index (κ1) is 51.0. The predicted molar refractivity (Wildman–Crippen MR) is 214 cm³/mol. The molecular formula is C44H88O6. The standard InChI is InChI=1S/2C22H44O3/c1-2-3-4-5-6-7-8-9-12-15-18-21(23)19-16-13-10-11-14-17-20-22(24)25;1-2-3-4-5-6-7-8-9-10-12-15-18-21(23)19-16-13-11-14-17-20-22(24)25/h2*21,23H,2-20H2,1H3,(H,24,25). The van der Waals surface area contributed by atoms with Gasteiger partial charge in [-0.05, 0) is 38.5 Å². The van der Waals surface area contributed by atoms with Gasteiger partial charge in [-0.15, -0.1) is 0 Å². The SMILES string of the molecule is CCCCCCCCCCCCC(O)CCCCCCCCC(=O)O.CCCCCCCCCCCCCC(O)CCCCCCCC(=O)O. The van der Waals surface area contributed by atoms with Crippen molar-refractivity contribution in [2.45, 2.75) is 270 Å². The van der Waals surface area contributed by atoms with Crippen molar-refractivity contribution in [3.63, 3.8) is 0 Å². The lowest BCUT2D eigenvalue weighted by molar-refractivity contribution is -0.138. The second-order valence-corrected chi connectivity index (χ2v) is 15.4. The maximum Gasteiger partial charge on any atom is 0.303 e. The van der Waals surface area contributed by atoms with E-state index >= 15 is 0 Å². The molecule has 0 aromatic carbocycles. The fourth-order valence-electron chi connectivity index (χ4n) is 6.75. The van der Waals surface area contributed by atoms with E-state index in [9.17, 15) is 19.8 Å². The number of carboxylic acids is 2. The van der Waals surface area contributed by atoms with Crippen molar-refractivity contribution in [1.82, 2.24) is 0 Å². The third-order valence-electron chi connectivity index (χ3n) is 10.1. The molecule has 50 heavy (non-hydrogen) atoms. The summed E-state index contributed by atoms with van der Waals surface area (Å²) >= 11 is 0. The van der Waals surface area contributed by atoms with Crippen molar-refractivity contribution in [1.29, 1.82) is 0 Å². The van der Waals surface area contributed by atoms with E-state index in [4.69, 9.17) is 10.2 Å². The van der Waals surface area contributed by atoms with E-state index in [2.05, 4.69) is 13.8 Å². The molecule has 0 amide bonds. The number of unbranched alkanes of at least 4 members (excludes halogenated alkanes) is 28. The van der Waals surface area contributed by atoms with Crippen LogP contribution in [0.3, 0.4) is 0 Å². The number of hydrogen-bond donors (Lipinski definition) is 4. The van der Waals surface area contributed by atoms with Gasteiger partial charge in [0.2, 0.25) is 0 Å². The average molecular weight is 713 g/mol. The van der Waals surface area contributed by atoms with Gasteiger partial charge in [0.25, 0.3) is 0 Å². The van der Waals surface area contributed by atoms with Crippen LogP contribution < -0.4 is 0 Å². The molecule has 0 radical (unpaired) electrons. The number of carbonyl (C=O) groups is 2. The van der Waals surface area contributed by atoms with Crippen LogP contribution in [0.2, 0.25) is 0 Å². The summed E-state index contributed by atoms with van der Waals surface area (Å²) in [4.78, 5) is 20.8. The van der Waals surface area contributed by atoms with E-state index < -0.39 is 11.9 Å². The highest BCUT2D eigenvalue weighted by molar-refractivity contribution is 5.66. The summed E-state index contributed by atoms with van der Waals surface area (Å²) < 4.78 is 0. The lowest BCUT2D eigenvalue weighted by Crippen LogP contribution is -2.05. The van der Waals surface area contributed by atoms with Gasteiger partial charge in [-0.2, -0.15) is 0 Å². The van der Waals surface area contributed by atoms with Gasteiger partial charge in [0.15, 0.2) is 0 Å². The van der Waals surface area contributed by atoms with Crippen LogP contribution >= 0.6 is 0 Å². The number of rotatable bonds is 40. The van der Waals surface area contributed by atoms with Crippen molar-refractivity contribution in [3.8, 4) is 0 Å². The molecule has 6 nitrogen and oxygen atoms in total. The van der Waals surface area contributed by atoms with Crippen LogP contribution in [0.1, 0.15) is 258 Å². The molecule has 2 atom stereocenters. The van der Waals surface area contributed by atoms with E-state index in [1.54, 1.807) is 0 Å². The average Bonchev–Trinajstić information content (AvgIpc) is 3.08. The van der Waals surface area contributed by atoms with E-state index in [1.165, 1.54) is 141 Å². The summed E-state index contributed by atoms with van der Waals surface area (Å²) in [7, 11) is 0. The topological polar surface area (TPSA) is 115 Å². The first-order chi connectivity index (χ1) is 24.3. The molecule has 0 heterocycles. The fraction of sp³-hybridized carbons (Fsp3) is 0.955. The number of aliphatic carboxylic acids is 2. The van der Waals surface area contributed by atoms with Crippen LogP contribution in [0, 0.1) is 0 Å². The zero-order valence-electron chi connectivity index (χ0n) is 33.6. The first-order valence-corrected chi connectivity index (χ1v) is 22.1. The number of carboxylic acid groups (broad SMARTS) is 2. The molecule has 0 bridgehead atoms. The zero-order valence-corrected chi connectivity index (χ0v) is 33.6. The molecule has 0 aliphatic carbocycles. The van der Waals surface area contributed by atoms with Crippen LogP contribution in [0.25, 0.3) is 0 Å². The molecule has 6 heteroatoms. The molecule has 2 unspecified atom stereocenters. The molecule has 0 saturated carbocycles. The second kappa shape index (κ2) is 44.0. The van der Waals surface area contributed by atoms with Gasteiger partial charge < -0.3 is 20.4 Å². The van der Waals surface area contributed by atoms with Gasteiger partial charge in [-0.3, -0.25) is 9.59 Å². The Balaban J connectivity index is 0. The minimum Gasteiger partial charge on any atom is -0.481 e. The van der Waals surface area contributed by atoms with E-state index in [0.29, 0.717) is 12.8 Å². The van der Waals surface area contributed by atoms with E-state index in [-0.39, 0.29) is 12.2 Å². The molecule has 300 valence electrons. The van der Waals surface area contributed by atoms with Gasteiger partial charge in [0.05, 0.1) is 12.2 Å². The van der Waals surface area contributed by atoms with E-state index in [0.717, 1.165) is 89.9 Å². The Labute approximate surface area is 311 Å². The van der Waals surface area contributed by atoms with Gasteiger partial charge in [-0.1, -0.05) is 206 Å². The van der Waals surface area contributed by atoms with Crippen molar-refractivity contribution in [2.24, 2.45) is 0 Å². The highest BCUT2D eigenvalue weighted by atomic mass is 16.4. The van der Waals surface area contributed by atoms with E-state index in [1.807, 2.05) is 0 Å². The number of aliphatic hydroxyl groups is 2. The Morgan fingerprint density at radius 1 is 0.320 bits per heavy atom. The molecule has 0 aromatic rings. The largest absolute Gasteiger partial charge is 0.481 e. The smallest absolute Gasteiger partial charge is 0.303 e. The van der Waals surface area contributed by atoms with Crippen molar-refractivity contribution < 1.29 is 30.0 Å². The molecule has 4 N–H and O–H groups in total.